The molecule has 0 aliphatic carbocycles. The van der Waals surface area contributed by atoms with Gasteiger partial charge in [0.2, 0.25) is 0 Å². The van der Waals surface area contributed by atoms with Gasteiger partial charge in [-0.15, -0.1) is 0 Å². The summed E-state index contributed by atoms with van der Waals surface area (Å²) in [5, 5.41) is 2.34. The topological polar surface area (TPSA) is 90.5 Å². The first-order chi connectivity index (χ1) is 12.5. The van der Waals surface area contributed by atoms with E-state index in [2.05, 4.69) is 5.32 Å². The molecule has 3 aromatic rings. The van der Waals surface area contributed by atoms with Crippen molar-refractivity contribution in [2.24, 2.45) is 0 Å². The van der Waals surface area contributed by atoms with Crippen LogP contribution in [-0.2, 0) is 20.9 Å². The third-order valence-corrected chi connectivity index (χ3v) is 3.67. The molecule has 8 heteroatoms. The van der Waals surface area contributed by atoms with E-state index in [9.17, 15) is 18.8 Å². The van der Waals surface area contributed by atoms with Gasteiger partial charge in [0.15, 0.2) is 11.7 Å². The number of amides is 1. The number of nitrogens with zero attached hydrogens (tertiary/aromatic N) is 1. The van der Waals surface area contributed by atoms with E-state index in [0.717, 1.165) is 4.57 Å². The van der Waals surface area contributed by atoms with Crippen molar-refractivity contribution < 1.29 is 23.1 Å². The lowest BCUT2D eigenvalue weighted by Gasteiger charge is -2.14. The number of hydrogen-bond donors (Lipinski definition) is 1. The molecule has 1 atom stereocenters. The van der Waals surface area contributed by atoms with Gasteiger partial charge in [-0.25, -0.2) is 9.18 Å². The van der Waals surface area contributed by atoms with Crippen LogP contribution in [0, 0.1) is 5.82 Å². The fraction of sp³-hybridized carbons (Fsp3) is 0.167. The molecule has 134 valence electrons. The summed E-state index contributed by atoms with van der Waals surface area (Å²) in [6.07, 6.45) is -1.17. The molecule has 0 radical (unpaired) electrons. The Morgan fingerprint density at radius 2 is 1.88 bits per heavy atom. The minimum Gasteiger partial charge on any atom is -0.451 e. The van der Waals surface area contributed by atoms with Gasteiger partial charge in [-0.1, -0.05) is 24.3 Å². The maximum atomic E-state index is 13.5. The maximum Gasteiger partial charge on any atom is 0.420 e. The van der Waals surface area contributed by atoms with Crippen molar-refractivity contribution >= 4 is 28.7 Å². The quantitative estimate of drug-likeness (QED) is 0.707. The van der Waals surface area contributed by atoms with Crippen LogP contribution < -0.4 is 11.1 Å². The molecule has 0 fully saturated rings. The summed E-state index contributed by atoms with van der Waals surface area (Å²) in [4.78, 5) is 35.9. The average molecular weight is 358 g/mol. The fourth-order valence-corrected chi connectivity index (χ4v) is 2.38. The van der Waals surface area contributed by atoms with Gasteiger partial charge in [-0.3, -0.25) is 14.2 Å². The lowest BCUT2D eigenvalue weighted by atomic mass is 10.3. The molecule has 2 aromatic carbocycles. The Bertz CT molecular complexity index is 1020. The van der Waals surface area contributed by atoms with Gasteiger partial charge in [0, 0.05) is 0 Å². The number of benzene rings is 2. The van der Waals surface area contributed by atoms with Crippen molar-refractivity contribution in [3.8, 4) is 0 Å². The molecule has 0 unspecified atom stereocenters. The SMILES string of the molecule is C[C@H](OC(=O)Cn1c(=O)oc2ccccc21)C(=O)Nc1ccccc1F. The lowest BCUT2D eigenvalue weighted by molar-refractivity contribution is -0.153. The van der Waals surface area contributed by atoms with E-state index in [4.69, 9.17) is 9.15 Å². The Morgan fingerprint density at radius 3 is 2.65 bits per heavy atom. The number of fused-ring (bicyclic) bond motifs is 1. The average Bonchev–Trinajstić information content (AvgIpc) is 2.92. The third-order valence-electron chi connectivity index (χ3n) is 3.67. The Kier molecular flexibility index (Phi) is 4.83. The maximum absolute atomic E-state index is 13.5. The number of para-hydroxylation sites is 3. The second-order valence-corrected chi connectivity index (χ2v) is 5.52. The normalized spacial score (nSPS) is 11.9. The predicted octanol–water partition coefficient (Wildman–Crippen LogP) is 2.30. The van der Waals surface area contributed by atoms with Crippen molar-refractivity contribution in [1.82, 2.24) is 4.57 Å². The summed E-state index contributed by atoms with van der Waals surface area (Å²) in [6, 6.07) is 12.3. The van der Waals surface area contributed by atoms with Crippen molar-refractivity contribution in [3.63, 3.8) is 0 Å². The predicted molar refractivity (Wildman–Crippen MR) is 91.1 cm³/mol. The molecule has 0 saturated carbocycles. The van der Waals surface area contributed by atoms with Gasteiger partial charge in [0.1, 0.15) is 12.4 Å². The van der Waals surface area contributed by atoms with Crippen LogP contribution in [-0.4, -0.2) is 22.5 Å². The zero-order chi connectivity index (χ0) is 18.7. The molecule has 3 rings (SSSR count). The molecular formula is C18H15FN2O5. The number of nitrogens with one attached hydrogen (secondary N) is 1. The van der Waals surface area contributed by atoms with E-state index >= 15 is 0 Å². The monoisotopic (exact) mass is 358 g/mol. The highest BCUT2D eigenvalue weighted by Gasteiger charge is 2.20. The number of halogens is 1. The van der Waals surface area contributed by atoms with Gasteiger partial charge >= 0.3 is 11.7 Å². The molecule has 1 heterocycles. The van der Waals surface area contributed by atoms with Crippen LogP contribution in [0.3, 0.4) is 0 Å². The summed E-state index contributed by atoms with van der Waals surface area (Å²) in [5.41, 5.74) is 0.769. The molecular weight excluding hydrogens is 343 g/mol. The minimum atomic E-state index is -1.17. The van der Waals surface area contributed by atoms with Gasteiger partial charge < -0.3 is 14.5 Å². The standard InChI is InChI=1S/C18H15FN2O5/c1-11(17(23)20-13-7-3-2-6-12(13)19)25-16(22)10-21-14-8-4-5-9-15(14)26-18(21)24/h2-9,11H,10H2,1H3,(H,20,23)/t11-/m0/s1. The molecule has 0 spiro atoms. The summed E-state index contributed by atoms with van der Waals surface area (Å²) in [7, 11) is 0. The van der Waals surface area contributed by atoms with Crippen molar-refractivity contribution in [3.05, 3.63) is 64.9 Å². The summed E-state index contributed by atoms with van der Waals surface area (Å²) in [6.45, 7) is 0.942. The van der Waals surface area contributed by atoms with Crippen molar-refractivity contribution in [1.29, 1.82) is 0 Å². The van der Waals surface area contributed by atoms with E-state index in [1.165, 1.54) is 25.1 Å². The Balaban J connectivity index is 1.65. The molecule has 1 N–H and O–H groups in total. The number of aromatic nitrogens is 1. The molecule has 26 heavy (non-hydrogen) atoms. The van der Waals surface area contributed by atoms with Gasteiger partial charge in [-0.2, -0.15) is 0 Å². The molecule has 0 aliphatic heterocycles. The number of rotatable bonds is 5. The second kappa shape index (κ2) is 7.22. The molecule has 0 aliphatic rings. The zero-order valence-corrected chi connectivity index (χ0v) is 13.8. The minimum absolute atomic E-state index is 0.0163. The first kappa shape index (κ1) is 17.4. The largest absolute Gasteiger partial charge is 0.451 e. The van der Waals surface area contributed by atoms with Crippen LogP contribution in [0.4, 0.5) is 10.1 Å². The highest BCUT2D eigenvalue weighted by Crippen LogP contribution is 2.14. The molecule has 0 saturated heterocycles. The van der Waals surface area contributed by atoms with Gasteiger partial charge in [-0.05, 0) is 31.2 Å². The number of esters is 1. The number of hydrogen-bond acceptors (Lipinski definition) is 5. The van der Waals surface area contributed by atoms with E-state index in [-0.39, 0.29) is 5.69 Å². The summed E-state index contributed by atoms with van der Waals surface area (Å²) in [5.74, 6) is -2.79. The number of ether oxygens (including phenoxy) is 1. The Hall–Kier alpha value is -3.42. The van der Waals surface area contributed by atoms with Crippen LogP contribution in [0.5, 0.6) is 0 Å². The van der Waals surface area contributed by atoms with Crippen molar-refractivity contribution in [2.45, 2.75) is 19.6 Å². The summed E-state index contributed by atoms with van der Waals surface area (Å²) < 4.78 is 24.7. The van der Waals surface area contributed by atoms with Crippen molar-refractivity contribution in [2.75, 3.05) is 5.32 Å². The fourth-order valence-electron chi connectivity index (χ4n) is 2.38. The zero-order valence-electron chi connectivity index (χ0n) is 13.8. The second-order valence-electron chi connectivity index (χ2n) is 5.52. The third kappa shape index (κ3) is 3.64. The number of oxazole rings is 1. The first-order valence-electron chi connectivity index (χ1n) is 7.79. The number of carbonyl (C=O) groups excluding carboxylic acids is 2. The number of carbonyl (C=O) groups is 2. The number of anilines is 1. The van der Waals surface area contributed by atoms with E-state index < -0.39 is 36.1 Å². The Morgan fingerprint density at radius 1 is 1.19 bits per heavy atom. The van der Waals surface area contributed by atoms with Crippen LogP contribution in [0.25, 0.3) is 11.1 Å². The van der Waals surface area contributed by atoms with E-state index in [1.54, 1.807) is 30.3 Å². The van der Waals surface area contributed by atoms with Crippen LogP contribution in [0.15, 0.2) is 57.7 Å². The van der Waals surface area contributed by atoms with Crippen LogP contribution in [0.1, 0.15) is 6.92 Å². The van der Waals surface area contributed by atoms with Gasteiger partial charge in [0.25, 0.3) is 5.91 Å². The van der Waals surface area contributed by atoms with E-state index in [0.29, 0.717) is 11.1 Å². The molecule has 1 aromatic heterocycles. The first-order valence-corrected chi connectivity index (χ1v) is 7.79. The molecule has 7 nitrogen and oxygen atoms in total. The molecule has 0 bridgehead atoms. The highest BCUT2D eigenvalue weighted by molar-refractivity contribution is 5.95. The van der Waals surface area contributed by atoms with E-state index in [1.807, 2.05) is 0 Å². The van der Waals surface area contributed by atoms with Crippen LogP contribution >= 0.6 is 0 Å². The van der Waals surface area contributed by atoms with Gasteiger partial charge in [0.05, 0.1) is 11.2 Å². The molecule has 1 amide bonds. The van der Waals surface area contributed by atoms with Crippen LogP contribution in [0.2, 0.25) is 0 Å². The lowest BCUT2D eigenvalue weighted by Crippen LogP contribution is -2.32. The smallest absolute Gasteiger partial charge is 0.420 e. The summed E-state index contributed by atoms with van der Waals surface area (Å²) >= 11 is 0. The Labute approximate surface area is 147 Å². The highest BCUT2D eigenvalue weighted by atomic mass is 19.1.